The summed E-state index contributed by atoms with van der Waals surface area (Å²) in [6, 6.07) is 6.93. The molecule has 116 valence electrons. The van der Waals surface area contributed by atoms with Gasteiger partial charge in [0.2, 0.25) is 5.91 Å². The molecule has 1 aromatic carbocycles. The van der Waals surface area contributed by atoms with E-state index in [9.17, 15) is 14.4 Å². The van der Waals surface area contributed by atoms with E-state index in [1.807, 2.05) is 18.2 Å². The number of esters is 1. The molecule has 0 aromatic heterocycles. The monoisotopic (exact) mass is 318 g/mol. The third-order valence-corrected chi connectivity index (χ3v) is 2.82. The van der Waals surface area contributed by atoms with Crippen LogP contribution in [0.3, 0.4) is 0 Å². The smallest absolute Gasteiger partial charge is 1.00 e. The number of nitrogens with one attached hydrogen (secondary N) is 1. The SMILES string of the molecule is COC(=O)C(Cc1ccccc1)NC(=O)C(N)CC(=O)O.[H-].[Na+]. The zero-order valence-corrected chi connectivity index (χ0v) is 14.6. The van der Waals surface area contributed by atoms with Crippen LogP contribution in [-0.2, 0) is 25.5 Å². The summed E-state index contributed by atoms with van der Waals surface area (Å²) in [5, 5.41) is 11.0. The van der Waals surface area contributed by atoms with E-state index in [2.05, 4.69) is 10.1 Å². The third kappa shape index (κ3) is 7.04. The number of nitrogens with two attached hydrogens (primary N) is 1. The second kappa shape index (κ2) is 10.3. The first-order valence-corrected chi connectivity index (χ1v) is 6.33. The van der Waals surface area contributed by atoms with Crippen LogP contribution in [0.4, 0.5) is 0 Å². The van der Waals surface area contributed by atoms with E-state index in [1.54, 1.807) is 12.1 Å². The van der Waals surface area contributed by atoms with Crippen molar-refractivity contribution in [2.45, 2.75) is 24.9 Å². The van der Waals surface area contributed by atoms with Gasteiger partial charge in [-0.25, -0.2) is 4.79 Å². The van der Waals surface area contributed by atoms with Gasteiger partial charge < -0.3 is 22.3 Å². The fraction of sp³-hybridized carbons (Fsp3) is 0.357. The second-order valence-corrected chi connectivity index (χ2v) is 4.48. The van der Waals surface area contributed by atoms with Crippen LogP contribution in [0.15, 0.2) is 30.3 Å². The Kier molecular flexibility index (Phi) is 9.68. The van der Waals surface area contributed by atoms with Crippen molar-refractivity contribution in [2.75, 3.05) is 7.11 Å². The summed E-state index contributed by atoms with van der Waals surface area (Å²) in [6.07, 6.45) is -0.274. The van der Waals surface area contributed by atoms with E-state index in [1.165, 1.54) is 7.11 Å². The molecule has 1 rings (SSSR count). The van der Waals surface area contributed by atoms with Crippen molar-refractivity contribution in [3.63, 3.8) is 0 Å². The molecule has 0 saturated carbocycles. The molecule has 0 aliphatic carbocycles. The van der Waals surface area contributed by atoms with Crippen molar-refractivity contribution in [1.29, 1.82) is 0 Å². The first kappa shape index (κ1) is 20.6. The molecule has 0 radical (unpaired) electrons. The summed E-state index contributed by atoms with van der Waals surface area (Å²) in [5.74, 6) is -2.51. The molecule has 0 heterocycles. The number of carboxylic acids is 1. The third-order valence-electron chi connectivity index (χ3n) is 2.82. The van der Waals surface area contributed by atoms with Crippen LogP contribution in [0.2, 0.25) is 0 Å². The second-order valence-electron chi connectivity index (χ2n) is 4.48. The van der Waals surface area contributed by atoms with Gasteiger partial charge in [-0.2, -0.15) is 0 Å². The number of carbonyl (C=O) groups is 3. The van der Waals surface area contributed by atoms with Crippen LogP contribution in [0.5, 0.6) is 0 Å². The average Bonchev–Trinajstić information content (AvgIpc) is 2.46. The van der Waals surface area contributed by atoms with Gasteiger partial charge in [0.1, 0.15) is 6.04 Å². The van der Waals surface area contributed by atoms with E-state index >= 15 is 0 Å². The number of methoxy groups -OCH3 is 1. The number of carboxylic acid groups (broad SMARTS) is 1. The van der Waals surface area contributed by atoms with Gasteiger partial charge in [-0.1, -0.05) is 30.3 Å². The molecule has 22 heavy (non-hydrogen) atoms. The molecule has 0 fully saturated rings. The predicted octanol–water partition coefficient (Wildman–Crippen LogP) is -3.19. The van der Waals surface area contributed by atoms with Gasteiger partial charge in [0.05, 0.1) is 19.6 Å². The topological polar surface area (TPSA) is 119 Å². The van der Waals surface area contributed by atoms with Gasteiger partial charge in [-0.05, 0) is 5.56 Å². The van der Waals surface area contributed by atoms with E-state index in [4.69, 9.17) is 10.8 Å². The normalized spacial score (nSPS) is 12.5. The summed E-state index contributed by atoms with van der Waals surface area (Å²) in [5.41, 5.74) is 6.29. The molecule has 7 nitrogen and oxygen atoms in total. The minimum atomic E-state index is -1.22. The maximum atomic E-state index is 11.8. The maximum absolute atomic E-state index is 11.8. The molecular weight excluding hydrogens is 299 g/mol. The summed E-state index contributed by atoms with van der Waals surface area (Å²) >= 11 is 0. The van der Waals surface area contributed by atoms with Crippen molar-refractivity contribution in [3.05, 3.63) is 35.9 Å². The number of rotatable bonds is 7. The molecule has 2 atom stereocenters. The quantitative estimate of drug-likeness (QED) is 0.360. The molecule has 8 heteroatoms. The number of benzene rings is 1. The number of hydrogen-bond donors (Lipinski definition) is 3. The van der Waals surface area contributed by atoms with E-state index < -0.39 is 36.4 Å². The van der Waals surface area contributed by atoms with Crippen molar-refractivity contribution in [2.24, 2.45) is 5.73 Å². The Morgan fingerprint density at radius 3 is 2.41 bits per heavy atom. The molecule has 1 aromatic rings. The first-order valence-electron chi connectivity index (χ1n) is 6.33. The first-order chi connectivity index (χ1) is 9.93. The largest absolute Gasteiger partial charge is 1.00 e. The van der Waals surface area contributed by atoms with Crippen molar-refractivity contribution in [3.8, 4) is 0 Å². The molecule has 2 unspecified atom stereocenters. The van der Waals surface area contributed by atoms with Gasteiger partial charge in [0, 0.05) is 6.42 Å². The molecule has 0 aliphatic heterocycles. The summed E-state index contributed by atoms with van der Waals surface area (Å²) in [7, 11) is 1.21. The van der Waals surface area contributed by atoms with Crippen LogP contribution in [0.25, 0.3) is 0 Å². The van der Waals surface area contributed by atoms with Gasteiger partial charge in [0.15, 0.2) is 0 Å². The minimum Gasteiger partial charge on any atom is -1.00 e. The zero-order valence-electron chi connectivity index (χ0n) is 13.6. The Morgan fingerprint density at radius 2 is 1.91 bits per heavy atom. The summed E-state index contributed by atoms with van der Waals surface area (Å²) in [4.78, 5) is 34.0. The van der Waals surface area contributed by atoms with Gasteiger partial charge in [-0.15, -0.1) is 0 Å². The Hall–Kier alpha value is -1.41. The Morgan fingerprint density at radius 1 is 1.32 bits per heavy atom. The van der Waals surface area contributed by atoms with Crippen LogP contribution in [0.1, 0.15) is 13.4 Å². The van der Waals surface area contributed by atoms with Crippen LogP contribution in [-0.4, -0.2) is 42.1 Å². The standard InChI is InChI=1S/C14H18N2O5.Na.H/c1-21-14(20)11(7-9-5-3-2-4-6-9)16-13(19)10(15)8-12(17)18;;/h2-6,10-11H,7-8,15H2,1H3,(H,16,19)(H,17,18);;/q;+1;-1. The molecular formula is C14H19N2NaO5. The van der Waals surface area contributed by atoms with Crippen molar-refractivity contribution < 1.29 is 55.2 Å². The Bertz CT molecular complexity index is 515. The van der Waals surface area contributed by atoms with Gasteiger partial charge >= 0.3 is 41.5 Å². The number of ether oxygens (including phenoxy) is 1. The number of aliphatic carboxylic acids is 1. The molecule has 4 N–H and O–H groups in total. The van der Waals surface area contributed by atoms with E-state index in [0.717, 1.165) is 5.56 Å². The predicted molar refractivity (Wildman–Crippen MR) is 75.4 cm³/mol. The van der Waals surface area contributed by atoms with Crippen molar-refractivity contribution in [1.82, 2.24) is 5.32 Å². The van der Waals surface area contributed by atoms with E-state index in [0.29, 0.717) is 0 Å². The number of carbonyl (C=O) groups excluding carboxylic acids is 2. The summed E-state index contributed by atoms with van der Waals surface area (Å²) < 4.78 is 4.64. The Balaban J connectivity index is 0. The average molecular weight is 318 g/mol. The molecule has 0 saturated heterocycles. The van der Waals surface area contributed by atoms with Gasteiger partial charge in [0.25, 0.3) is 0 Å². The number of amides is 1. The molecule has 0 spiro atoms. The summed E-state index contributed by atoms with van der Waals surface area (Å²) in [6.45, 7) is 0. The van der Waals surface area contributed by atoms with Crippen molar-refractivity contribution >= 4 is 17.8 Å². The van der Waals surface area contributed by atoms with Crippen LogP contribution in [0, 0.1) is 0 Å². The zero-order chi connectivity index (χ0) is 15.8. The molecule has 1 amide bonds. The van der Waals surface area contributed by atoms with E-state index in [-0.39, 0.29) is 37.4 Å². The molecule has 0 aliphatic rings. The fourth-order valence-corrected chi connectivity index (χ4v) is 1.74. The van der Waals surface area contributed by atoms with Gasteiger partial charge in [-0.3, -0.25) is 9.59 Å². The van der Waals surface area contributed by atoms with Crippen LogP contribution >= 0.6 is 0 Å². The van der Waals surface area contributed by atoms with Crippen LogP contribution < -0.4 is 40.6 Å². The Labute approximate surface area is 152 Å². The number of hydrogen-bond acceptors (Lipinski definition) is 5. The fourth-order valence-electron chi connectivity index (χ4n) is 1.74. The maximum Gasteiger partial charge on any atom is 1.00 e. The minimum absolute atomic E-state index is 0. The molecule has 0 bridgehead atoms.